The molecule has 1 fully saturated rings. The molecule has 0 amide bonds. The zero-order valence-electron chi connectivity index (χ0n) is 13.2. The second kappa shape index (κ2) is 11.8. The highest BCUT2D eigenvalue weighted by Gasteiger charge is 2.23. The molecule has 1 rings (SSSR count). The van der Waals surface area contributed by atoms with E-state index in [0.717, 1.165) is 32.2 Å². The number of hydrogen-bond donors (Lipinski definition) is 0. The van der Waals surface area contributed by atoms with Crippen molar-refractivity contribution >= 4 is 9.52 Å². The van der Waals surface area contributed by atoms with Gasteiger partial charge in [0.25, 0.3) is 5.95 Å². The van der Waals surface area contributed by atoms with Crippen LogP contribution < -0.4 is 0 Å². The molecule has 2 radical (unpaired) electrons. The molecule has 5 nitrogen and oxygen atoms in total. The van der Waals surface area contributed by atoms with Gasteiger partial charge in [-0.15, -0.1) is 6.58 Å². The molecule has 0 N–H and O–H groups in total. The van der Waals surface area contributed by atoms with Gasteiger partial charge in [-0.25, -0.2) is 0 Å². The van der Waals surface area contributed by atoms with Gasteiger partial charge in [0.2, 0.25) is 0 Å². The molecule has 120 valence electrons. The first-order chi connectivity index (χ1) is 10.3. The molecular formula is C15H27NO4Si. The van der Waals surface area contributed by atoms with Gasteiger partial charge in [0.05, 0.1) is 35.9 Å². The fourth-order valence-corrected chi connectivity index (χ4v) is 2.47. The van der Waals surface area contributed by atoms with Gasteiger partial charge in [-0.2, -0.15) is 5.06 Å². The molecule has 0 aliphatic carbocycles. The van der Waals surface area contributed by atoms with Crippen molar-refractivity contribution in [1.29, 1.82) is 0 Å². The Morgan fingerprint density at radius 3 is 2.67 bits per heavy atom. The first-order valence-electron chi connectivity index (χ1n) is 7.59. The Kier molecular flexibility index (Phi) is 10.2. The lowest BCUT2D eigenvalue weighted by atomic mass is 10.4. The third-order valence-corrected chi connectivity index (χ3v) is 3.78. The van der Waals surface area contributed by atoms with Gasteiger partial charge in [0.15, 0.2) is 0 Å². The van der Waals surface area contributed by atoms with Crippen molar-refractivity contribution in [2.24, 2.45) is 0 Å². The minimum atomic E-state index is 0.294. The van der Waals surface area contributed by atoms with Crippen molar-refractivity contribution < 1.29 is 19.0 Å². The van der Waals surface area contributed by atoms with Crippen LogP contribution in [0.5, 0.6) is 0 Å². The Bertz CT molecular complexity index is 300. The Morgan fingerprint density at radius 2 is 2.10 bits per heavy atom. The number of nitrogens with zero attached hydrogens (tertiary/aromatic N) is 1. The van der Waals surface area contributed by atoms with E-state index in [2.05, 4.69) is 6.58 Å². The zero-order chi connectivity index (χ0) is 15.3. The second-order valence-corrected chi connectivity index (χ2v) is 5.76. The third-order valence-electron chi connectivity index (χ3n) is 2.70. The van der Waals surface area contributed by atoms with Gasteiger partial charge in [0.1, 0.15) is 6.10 Å². The summed E-state index contributed by atoms with van der Waals surface area (Å²) in [5.41, 5.74) is 2.05. The Morgan fingerprint density at radius 1 is 1.38 bits per heavy atom. The lowest BCUT2D eigenvalue weighted by Crippen LogP contribution is -2.27. The summed E-state index contributed by atoms with van der Waals surface area (Å²) in [5.74, 6) is 0.656. The zero-order valence-corrected chi connectivity index (χ0v) is 14.2. The molecule has 1 unspecified atom stereocenters. The lowest BCUT2D eigenvalue weighted by Gasteiger charge is -2.19. The number of ether oxygens (including phenoxy) is 3. The van der Waals surface area contributed by atoms with Crippen LogP contribution in [0.3, 0.4) is 0 Å². The molecule has 0 aromatic rings. The number of epoxide rings is 1. The van der Waals surface area contributed by atoms with Crippen molar-refractivity contribution in [3.05, 3.63) is 24.3 Å². The maximum atomic E-state index is 5.69. The predicted octanol–water partition coefficient (Wildman–Crippen LogP) is 2.19. The Hall–Kier alpha value is -0.823. The molecule has 1 aliphatic rings. The highest BCUT2D eigenvalue weighted by atomic mass is 28.2. The first kappa shape index (κ1) is 18.2. The van der Waals surface area contributed by atoms with Crippen LogP contribution in [0.1, 0.15) is 20.3 Å². The molecule has 0 aromatic carbocycles. The van der Waals surface area contributed by atoms with Crippen LogP contribution in [0.4, 0.5) is 0 Å². The van der Waals surface area contributed by atoms with Gasteiger partial charge < -0.3 is 14.2 Å². The summed E-state index contributed by atoms with van der Waals surface area (Å²) < 4.78 is 15.9. The lowest BCUT2D eigenvalue weighted by molar-refractivity contribution is -0.154. The summed E-state index contributed by atoms with van der Waals surface area (Å²) in [4.78, 5) is 5.69. The summed E-state index contributed by atoms with van der Waals surface area (Å²) in [6.45, 7) is 12.1. The Balaban J connectivity index is 2.13. The topological polar surface area (TPSA) is 43.5 Å². The number of hydrogen-bond acceptors (Lipinski definition) is 5. The smallest absolute Gasteiger partial charge is 0.270 e. The molecule has 1 saturated heterocycles. The van der Waals surface area contributed by atoms with Crippen molar-refractivity contribution in [2.75, 3.05) is 39.5 Å². The van der Waals surface area contributed by atoms with Gasteiger partial charge in [-0.05, 0) is 26.0 Å². The molecule has 0 bridgehead atoms. The Labute approximate surface area is 130 Å². The number of hydroxylamine groups is 2. The van der Waals surface area contributed by atoms with E-state index in [0.29, 0.717) is 41.4 Å². The maximum Gasteiger partial charge on any atom is 0.270 e. The van der Waals surface area contributed by atoms with Crippen LogP contribution in [-0.2, 0) is 19.0 Å². The minimum absolute atomic E-state index is 0.294. The monoisotopic (exact) mass is 313 g/mol. The standard InChI is InChI=1S/C15H27NO4Si/c1-4-8-16(20-12-14-11-19-14)9-7-10-21-13-15(17-5-2)18-6-3/h4,13-14H,1,5-12H2,2-3H3. The average molecular weight is 313 g/mol. The van der Waals surface area contributed by atoms with Gasteiger partial charge in [-0.3, -0.25) is 4.84 Å². The van der Waals surface area contributed by atoms with Crippen molar-refractivity contribution in [3.63, 3.8) is 0 Å². The van der Waals surface area contributed by atoms with Crippen LogP contribution in [0.15, 0.2) is 24.3 Å². The number of rotatable bonds is 14. The molecule has 1 heterocycles. The van der Waals surface area contributed by atoms with E-state index in [4.69, 9.17) is 19.0 Å². The largest absolute Gasteiger partial charge is 0.466 e. The molecule has 0 spiro atoms. The maximum absolute atomic E-state index is 5.69. The molecule has 6 heteroatoms. The van der Waals surface area contributed by atoms with E-state index in [1.54, 1.807) is 0 Å². The highest BCUT2D eigenvalue weighted by molar-refractivity contribution is 6.42. The van der Waals surface area contributed by atoms with Crippen molar-refractivity contribution in [2.45, 2.75) is 32.4 Å². The summed E-state index contributed by atoms with van der Waals surface area (Å²) in [5, 5.41) is 1.95. The molecule has 0 aromatic heterocycles. The normalized spacial score (nSPS) is 16.6. The minimum Gasteiger partial charge on any atom is -0.466 e. The summed E-state index contributed by atoms with van der Waals surface area (Å²) in [7, 11) is 0.699. The summed E-state index contributed by atoms with van der Waals surface area (Å²) in [6.07, 6.45) is 3.22. The van der Waals surface area contributed by atoms with Crippen LogP contribution >= 0.6 is 0 Å². The van der Waals surface area contributed by atoms with E-state index < -0.39 is 0 Å². The molecule has 0 saturated carbocycles. The molecule has 1 atom stereocenters. The third kappa shape index (κ3) is 9.68. The van der Waals surface area contributed by atoms with Crippen molar-refractivity contribution in [3.8, 4) is 0 Å². The van der Waals surface area contributed by atoms with E-state index in [1.807, 2.05) is 30.7 Å². The van der Waals surface area contributed by atoms with Gasteiger partial charge in [0, 0.05) is 13.1 Å². The van der Waals surface area contributed by atoms with Crippen LogP contribution in [-0.4, -0.2) is 60.2 Å². The van der Waals surface area contributed by atoms with Crippen molar-refractivity contribution in [1.82, 2.24) is 5.06 Å². The second-order valence-electron chi connectivity index (χ2n) is 4.56. The van der Waals surface area contributed by atoms with E-state index in [-0.39, 0.29) is 0 Å². The first-order valence-corrected chi connectivity index (χ1v) is 8.88. The fourth-order valence-electron chi connectivity index (χ4n) is 1.63. The SMILES string of the molecule is C=CCN(CCC[Si]C=C(OCC)OCC)OCC1CO1. The average Bonchev–Trinajstić information content (AvgIpc) is 3.29. The molecule has 21 heavy (non-hydrogen) atoms. The van der Waals surface area contributed by atoms with E-state index in [9.17, 15) is 0 Å². The van der Waals surface area contributed by atoms with Crippen LogP contribution in [0.2, 0.25) is 6.04 Å². The fraction of sp³-hybridized carbons (Fsp3) is 0.733. The van der Waals surface area contributed by atoms with Crippen LogP contribution in [0, 0.1) is 0 Å². The highest BCUT2D eigenvalue weighted by Crippen LogP contribution is 2.10. The van der Waals surface area contributed by atoms with E-state index in [1.165, 1.54) is 0 Å². The molecule has 1 aliphatic heterocycles. The molecular weight excluding hydrogens is 286 g/mol. The van der Waals surface area contributed by atoms with Crippen LogP contribution in [0.25, 0.3) is 0 Å². The summed E-state index contributed by atoms with van der Waals surface area (Å²) >= 11 is 0. The summed E-state index contributed by atoms with van der Waals surface area (Å²) in [6, 6.07) is 1.10. The predicted molar refractivity (Wildman–Crippen MR) is 84.0 cm³/mol. The van der Waals surface area contributed by atoms with Gasteiger partial charge >= 0.3 is 0 Å². The van der Waals surface area contributed by atoms with E-state index >= 15 is 0 Å². The van der Waals surface area contributed by atoms with Gasteiger partial charge in [-0.1, -0.05) is 12.1 Å². The quantitative estimate of drug-likeness (QED) is 0.123.